The van der Waals surface area contributed by atoms with Crippen LogP contribution >= 0.6 is 0 Å². The van der Waals surface area contributed by atoms with Gasteiger partial charge in [0, 0.05) is 44.1 Å². The minimum absolute atomic E-state index is 0.0140. The van der Waals surface area contributed by atoms with Crippen LogP contribution in [0.3, 0.4) is 0 Å². The van der Waals surface area contributed by atoms with Crippen molar-refractivity contribution >= 4 is 0 Å². The summed E-state index contributed by atoms with van der Waals surface area (Å²) in [5, 5.41) is 4.46. The number of pyridine rings is 1. The van der Waals surface area contributed by atoms with Crippen LogP contribution in [0.15, 0.2) is 48.7 Å². The Bertz CT molecular complexity index is 935. The number of ether oxygens (including phenoxy) is 1. The zero-order valence-electron chi connectivity index (χ0n) is 16.9. The van der Waals surface area contributed by atoms with E-state index >= 15 is 0 Å². The summed E-state index contributed by atoms with van der Waals surface area (Å²) in [4.78, 5) is 7.24. The summed E-state index contributed by atoms with van der Waals surface area (Å²) in [7, 11) is 1.98. The van der Waals surface area contributed by atoms with E-state index in [2.05, 4.69) is 72.5 Å². The van der Waals surface area contributed by atoms with Crippen molar-refractivity contribution in [2.24, 2.45) is 7.05 Å². The molecule has 1 atom stereocenters. The molecule has 0 saturated carbocycles. The van der Waals surface area contributed by atoms with Crippen molar-refractivity contribution in [3.63, 3.8) is 0 Å². The lowest BCUT2D eigenvalue weighted by molar-refractivity contribution is -0.0351. The number of hydrogen-bond acceptors (Lipinski definition) is 4. The van der Waals surface area contributed by atoms with Gasteiger partial charge < -0.3 is 4.74 Å². The first-order valence-corrected chi connectivity index (χ1v) is 9.91. The van der Waals surface area contributed by atoms with Gasteiger partial charge >= 0.3 is 0 Å². The molecule has 4 rings (SSSR count). The van der Waals surface area contributed by atoms with E-state index < -0.39 is 0 Å². The second-order valence-electron chi connectivity index (χ2n) is 7.71. The lowest BCUT2D eigenvalue weighted by atomic mass is 10.0. The third kappa shape index (κ3) is 4.49. The summed E-state index contributed by atoms with van der Waals surface area (Å²) in [6.45, 7) is 7.57. The molecule has 5 nitrogen and oxygen atoms in total. The maximum Gasteiger partial charge on any atom is 0.112 e. The minimum atomic E-state index is 0.0140. The van der Waals surface area contributed by atoms with Crippen molar-refractivity contribution in [3.05, 3.63) is 82.4 Å². The van der Waals surface area contributed by atoms with E-state index in [0.717, 1.165) is 49.7 Å². The Morgan fingerprint density at radius 3 is 2.68 bits per heavy atom. The van der Waals surface area contributed by atoms with Gasteiger partial charge in [-0.3, -0.25) is 14.6 Å². The molecule has 1 saturated heterocycles. The molecule has 1 aliphatic rings. The average molecular weight is 377 g/mol. The SMILES string of the molecule is Cc1cc(Cc2ccccc2)cc(C2CN(Cc3cn(C)nc3C)CCO2)n1. The highest BCUT2D eigenvalue weighted by atomic mass is 16.5. The lowest BCUT2D eigenvalue weighted by Crippen LogP contribution is -2.38. The van der Waals surface area contributed by atoms with Gasteiger partial charge in [-0.2, -0.15) is 5.10 Å². The third-order valence-electron chi connectivity index (χ3n) is 5.27. The van der Waals surface area contributed by atoms with Crippen LogP contribution in [0.4, 0.5) is 0 Å². The number of aromatic nitrogens is 3. The van der Waals surface area contributed by atoms with Crippen LogP contribution in [0.2, 0.25) is 0 Å². The Morgan fingerprint density at radius 2 is 1.93 bits per heavy atom. The van der Waals surface area contributed by atoms with Gasteiger partial charge in [0.25, 0.3) is 0 Å². The highest BCUT2D eigenvalue weighted by Crippen LogP contribution is 2.24. The van der Waals surface area contributed by atoms with Gasteiger partial charge in [0.1, 0.15) is 6.10 Å². The lowest BCUT2D eigenvalue weighted by Gasteiger charge is -2.32. The summed E-state index contributed by atoms with van der Waals surface area (Å²) in [6.07, 6.45) is 3.05. The van der Waals surface area contributed by atoms with E-state index in [1.165, 1.54) is 16.7 Å². The number of morpholine rings is 1. The van der Waals surface area contributed by atoms with E-state index in [1.54, 1.807) is 0 Å². The van der Waals surface area contributed by atoms with E-state index in [-0.39, 0.29) is 6.10 Å². The normalized spacial score (nSPS) is 17.8. The molecule has 1 aliphatic heterocycles. The fraction of sp³-hybridized carbons (Fsp3) is 0.391. The molecular weight excluding hydrogens is 348 g/mol. The topological polar surface area (TPSA) is 43.2 Å². The second-order valence-corrected chi connectivity index (χ2v) is 7.71. The van der Waals surface area contributed by atoms with Crippen molar-refractivity contribution in [2.45, 2.75) is 32.9 Å². The fourth-order valence-corrected chi connectivity index (χ4v) is 3.94. The number of rotatable bonds is 5. The van der Waals surface area contributed by atoms with Crippen LogP contribution in [-0.2, 0) is 24.8 Å². The van der Waals surface area contributed by atoms with E-state index in [0.29, 0.717) is 0 Å². The van der Waals surface area contributed by atoms with Crippen LogP contribution in [-0.4, -0.2) is 39.4 Å². The predicted molar refractivity (Wildman–Crippen MR) is 110 cm³/mol. The number of hydrogen-bond donors (Lipinski definition) is 0. The van der Waals surface area contributed by atoms with E-state index in [1.807, 2.05) is 11.7 Å². The molecule has 146 valence electrons. The molecule has 1 unspecified atom stereocenters. The highest BCUT2D eigenvalue weighted by Gasteiger charge is 2.24. The Labute approximate surface area is 167 Å². The first kappa shape index (κ1) is 18.8. The Hall–Kier alpha value is -2.50. The zero-order chi connectivity index (χ0) is 19.5. The van der Waals surface area contributed by atoms with Crippen LogP contribution < -0.4 is 0 Å². The molecule has 0 radical (unpaired) electrons. The molecule has 28 heavy (non-hydrogen) atoms. The first-order valence-electron chi connectivity index (χ1n) is 9.91. The van der Waals surface area contributed by atoms with Crippen molar-refractivity contribution in [1.29, 1.82) is 0 Å². The van der Waals surface area contributed by atoms with Crippen LogP contribution in [0.1, 0.15) is 39.9 Å². The minimum Gasteiger partial charge on any atom is -0.369 e. The largest absolute Gasteiger partial charge is 0.369 e. The molecule has 0 spiro atoms. The predicted octanol–water partition coefficient (Wildman–Crippen LogP) is 3.60. The van der Waals surface area contributed by atoms with Gasteiger partial charge in [0.05, 0.1) is 18.0 Å². The molecule has 1 aromatic carbocycles. The third-order valence-corrected chi connectivity index (χ3v) is 5.27. The highest BCUT2D eigenvalue weighted by molar-refractivity contribution is 5.29. The summed E-state index contributed by atoms with van der Waals surface area (Å²) in [5.74, 6) is 0. The van der Waals surface area contributed by atoms with Gasteiger partial charge in [0.15, 0.2) is 0 Å². The van der Waals surface area contributed by atoms with Crippen molar-refractivity contribution in [3.8, 4) is 0 Å². The standard InChI is InChI=1S/C23H28N4O/c1-17-11-20(12-19-7-5-4-6-8-19)13-22(24-17)23-16-27(9-10-28-23)15-21-14-26(3)25-18(21)2/h4-8,11,13-14,23H,9-10,12,15-16H2,1-3H3. The molecular formula is C23H28N4O. The molecule has 2 aromatic heterocycles. The van der Waals surface area contributed by atoms with Crippen molar-refractivity contribution < 1.29 is 4.74 Å². The number of benzene rings is 1. The monoisotopic (exact) mass is 376 g/mol. The van der Waals surface area contributed by atoms with Crippen LogP contribution in [0.5, 0.6) is 0 Å². The van der Waals surface area contributed by atoms with Gasteiger partial charge in [0.2, 0.25) is 0 Å². The Morgan fingerprint density at radius 1 is 1.11 bits per heavy atom. The summed E-state index contributed by atoms with van der Waals surface area (Å²) in [5.41, 5.74) is 7.08. The number of aryl methyl sites for hydroxylation is 3. The molecule has 0 N–H and O–H groups in total. The average Bonchev–Trinajstić information content (AvgIpc) is 2.99. The van der Waals surface area contributed by atoms with Gasteiger partial charge in [-0.15, -0.1) is 0 Å². The van der Waals surface area contributed by atoms with E-state index in [9.17, 15) is 0 Å². The molecule has 0 bridgehead atoms. The summed E-state index contributed by atoms with van der Waals surface area (Å²) < 4.78 is 7.99. The maximum atomic E-state index is 6.10. The Balaban J connectivity index is 1.49. The molecule has 1 fully saturated rings. The molecule has 3 heterocycles. The van der Waals surface area contributed by atoms with Crippen LogP contribution in [0, 0.1) is 13.8 Å². The van der Waals surface area contributed by atoms with Crippen molar-refractivity contribution in [2.75, 3.05) is 19.7 Å². The fourth-order valence-electron chi connectivity index (χ4n) is 3.94. The second kappa shape index (κ2) is 8.25. The summed E-state index contributed by atoms with van der Waals surface area (Å²) in [6, 6.07) is 15.0. The zero-order valence-corrected chi connectivity index (χ0v) is 16.9. The van der Waals surface area contributed by atoms with E-state index in [4.69, 9.17) is 9.72 Å². The van der Waals surface area contributed by atoms with Crippen LogP contribution in [0.25, 0.3) is 0 Å². The quantitative estimate of drug-likeness (QED) is 0.682. The summed E-state index contributed by atoms with van der Waals surface area (Å²) >= 11 is 0. The maximum absolute atomic E-state index is 6.10. The van der Waals surface area contributed by atoms with Gasteiger partial charge in [-0.1, -0.05) is 30.3 Å². The smallest absolute Gasteiger partial charge is 0.112 e. The molecule has 0 aliphatic carbocycles. The molecule has 0 amide bonds. The molecule has 3 aromatic rings. The number of nitrogens with zero attached hydrogens (tertiary/aromatic N) is 4. The van der Waals surface area contributed by atoms with Gasteiger partial charge in [-0.05, 0) is 43.5 Å². The first-order chi connectivity index (χ1) is 13.6. The Kier molecular flexibility index (Phi) is 5.55. The molecule has 5 heteroatoms. The van der Waals surface area contributed by atoms with Crippen molar-refractivity contribution in [1.82, 2.24) is 19.7 Å². The van der Waals surface area contributed by atoms with Gasteiger partial charge in [-0.25, -0.2) is 0 Å².